The Morgan fingerprint density at radius 2 is 0.774 bits per heavy atom. The molecule has 0 aromatic heterocycles. The van der Waals surface area contributed by atoms with E-state index >= 15 is 0 Å². The molecule has 20 heteroatoms. The molecule has 0 bridgehead atoms. The number of carbonyl (C=O) groups is 4. The summed E-state index contributed by atoms with van der Waals surface area (Å²) >= 11 is 0. The van der Waals surface area contributed by atoms with Gasteiger partial charge < -0.3 is 39.1 Å². The summed E-state index contributed by atoms with van der Waals surface area (Å²) in [6.45, 7) is 13.2. The Labute approximate surface area is 617 Å². The molecule has 2 aliphatic heterocycles. The molecule has 20 nitrogen and oxygen atoms in total. The number of hydrogen-bond donors (Lipinski definition) is 4. The van der Waals surface area contributed by atoms with Crippen LogP contribution in [0.2, 0.25) is 0 Å². The molecule has 12 rings (SSSR count). The summed E-state index contributed by atoms with van der Waals surface area (Å²) < 4.78 is 32.9. The minimum atomic E-state index is -0.423. The number of nitrogens with zero attached hydrogens (tertiary/aromatic N) is 6. The van der Waals surface area contributed by atoms with Crippen molar-refractivity contribution in [3.63, 3.8) is 0 Å². The summed E-state index contributed by atoms with van der Waals surface area (Å²) in [5, 5.41) is 36.9. The van der Waals surface area contributed by atoms with Gasteiger partial charge in [0.2, 0.25) is 0 Å². The van der Waals surface area contributed by atoms with Gasteiger partial charge in [0.15, 0.2) is 0 Å². The average Bonchev–Trinajstić information content (AvgIpc) is 0.757. The van der Waals surface area contributed by atoms with Crippen LogP contribution >= 0.6 is 0 Å². The molecule has 10 aromatic carbocycles. The van der Waals surface area contributed by atoms with Crippen molar-refractivity contribution in [3.05, 3.63) is 265 Å². The van der Waals surface area contributed by atoms with Gasteiger partial charge in [0.05, 0.1) is 71.7 Å². The van der Waals surface area contributed by atoms with E-state index in [1.165, 1.54) is 34.1 Å². The maximum Gasteiger partial charge on any atom is 0.343 e. The van der Waals surface area contributed by atoms with E-state index in [4.69, 9.17) is 39.5 Å². The van der Waals surface area contributed by atoms with Crippen LogP contribution in [0, 0.1) is 11.1 Å². The van der Waals surface area contributed by atoms with Crippen LogP contribution in [-0.4, -0.2) is 61.4 Å². The molecule has 0 fully saturated rings. The summed E-state index contributed by atoms with van der Waals surface area (Å²) in [7, 11) is 0. The molecule has 2 heterocycles. The summed E-state index contributed by atoms with van der Waals surface area (Å²) in [4.78, 5) is 47.8. The molecule has 106 heavy (non-hydrogen) atoms. The van der Waals surface area contributed by atoms with Crippen molar-refractivity contribution in [3.8, 4) is 23.0 Å². The molecular formula is C86H86N10O10. The van der Waals surface area contributed by atoms with Crippen molar-refractivity contribution in [2.45, 2.75) is 115 Å². The number of esters is 4. The molecule has 0 amide bonds. The van der Waals surface area contributed by atoms with E-state index in [9.17, 15) is 19.2 Å². The van der Waals surface area contributed by atoms with Crippen LogP contribution in [0.4, 0.5) is 45.5 Å². The van der Waals surface area contributed by atoms with Crippen LogP contribution in [0.1, 0.15) is 121 Å². The van der Waals surface area contributed by atoms with Crippen molar-refractivity contribution >= 4 is 90.9 Å². The second-order valence-electron chi connectivity index (χ2n) is 26.7. The minimum Gasteiger partial charge on any atom is -0.494 e. The second kappa shape index (κ2) is 36.7. The SMILES string of the molecule is C=CC(=O)OCCCCCCOc1ccc(C(=O)Oc2ccc(CCC3(C)Cc4ccc(N=Nc5ccc(N=N)cc5)c5cccc(c45)N3)cc2)cc1.C=CC(=O)OCCCCCCOc1ccc(C(=O)Oc2ccc(CCC3(C)Cc4ccc(N=Nc5ccc(N=N)cc5)c5cccc(c45)N3)cc2)cc1. The van der Waals surface area contributed by atoms with Gasteiger partial charge in [-0.25, -0.2) is 30.2 Å². The molecule has 0 saturated carbocycles. The lowest BCUT2D eigenvalue weighted by atomic mass is 9.81. The number of nitrogens with one attached hydrogen (secondary N) is 4. The number of benzene rings is 10. The van der Waals surface area contributed by atoms with Gasteiger partial charge >= 0.3 is 23.9 Å². The highest BCUT2D eigenvalue weighted by Gasteiger charge is 2.33. The number of azo groups is 2. The Morgan fingerprint density at radius 3 is 1.14 bits per heavy atom. The van der Waals surface area contributed by atoms with Gasteiger partial charge in [0, 0.05) is 56.1 Å². The predicted octanol–water partition coefficient (Wildman–Crippen LogP) is 22.3. The molecule has 0 aliphatic carbocycles. The molecule has 0 saturated heterocycles. The largest absolute Gasteiger partial charge is 0.494 e. The van der Waals surface area contributed by atoms with E-state index in [0.717, 1.165) is 135 Å². The summed E-state index contributed by atoms with van der Waals surface area (Å²) in [5.74, 6) is 0.752. The zero-order valence-electron chi connectivity index (χ0n) is 59.7. The third kappa shape index (κ3) is 21.0. The number of unbranched alkanes of at least 4 members (excludes halogenated alkanes) is 6. The molecule has 4 N–H and O–H groups in total. The normalized spacial score (nSPS) is 14.7. The third-order valence-corrected chi connectivity index (χ3v) is 18.6. The first-order chi connectivity index (χ1) is 51.6. The van der Waals surface area contributed by atoms with Gasteiger partial charge in [-0.15, -0.1) is 10.2 Å². The van der Waals surface area contributed by atoms with E-state index in [0.29, 0.717) is 83.3 Å². The van der Waals surface area contributed by atoms with Crippen molar-refractivity contribution in [1.82, 2.24) is 0 Å². The smallest absolute Gasteiger partial charge is 0.343 e. The van der Waals surface area contributed by atoms with Gasteiger partial charge in [-0.1, -0.05) is 73.8 Å². The average molecular weight is 1420 g/mol. The van der Waals surface area contributed by atoms with Gasteiger partial charge in [0.25, 0.3) is 0 Å². The Kier molecular flexibility index (Phi) is 25.9. The zero-order chi connectivity index (χ0) is 74.1. The molecule has 2 unspecified atom stereocenters. The van der Waals surface area contributed by atoms with Gasteiger partial charge in [-0.05, 0) is 272 Å². The Hall–Kier alpha value is -12.3. The van der Waals surface area contributed by atoms with E-state index in [-0.39, 0.29) is 11.1 Å². The topological polar surface area (TPSA) is 270 Å². The Balaban J connectivity index is 0.000000212. The molecule has 540 valence electrons. The van der Waals surface area contributed by atoms with Gasteiger partial charge in [0.1, 0.15) is 23.0 Å². The number of hydrogen-bond acceptors (Lipinski definition) is 20. The number of anilines is 2. The van der Waals surface area contributed by atoms with Crippen molar-refractivity contribution in [2.24, 2.45) is 30.7 Å². The van der Waals surface area contributed by atoms with Crippen molar-refractivity contribution < 1.29 is 47.6 Å². The molecule has 0 spiro atoms. The molecule has 2 atom stereocenters. The molecule has 0 radical (unpaired) electrons. The third-order valence-electron chi connectivity index (χ3n) is 18.6. The quantitative estimate of drug-likeness (QED) is 0.00964. The molecular weight excluding hydrogens is 1330 g/mol. The van der Waals surface area contributed by atoms with E-state index < -0.39 is 23.9 Å². The fraction of sp³-hybridized carbons (Fsp3) is 0.256. The van der Waals surface area contributed by atoms with Crippen LogP contribution < -0.4 is 29.6 Å². The van der Waals surface area contributed by atoms with Crippen molar-refractivity contribution in [1.29, 1.82) is 11.1 Å². The fourth-order valence-corrected chi connectivity index (χ4v) is 12.9. The molecule has 10 aromatic rings. The summed E-state index contributed by atoms with van der Waals surface area (Å²) in [6, 6.07) is 64.4. The predicted molar refractivity (Wildman–Crippen MR) is 413 cm³/mol. The Morgan fingerprint density at radius 1 is 0.415 bits per heavy atom. The van der Waals surface area contributed by atoms with Crippen LogP contribution in [0.15, 0.2) is 262 Å². The van der Waals surface area contributed by atoms with Gasteiger partial charge in [-0.2, -0.15) is 20.5 Å². The minimum absolute atomic E-state index is 0.153. The highest BCUT2D eigenvalue weighted by Crippen LogP contribution is 2.44. The standard InChI is InChI=1S/2C43H43N5O5/c2*1-3-40(49)52-28-7-5-4-6-27-51-35-22-13-31(14-23-35)42(50)53-36-20-11-30(12-21-36)25-26-43(2)29-32-15-24-38(37-9-8-10-39(45-43)41(32)37)48-47-34-18-16-33(46-44)17-19-34/h2*3,8-24,44-45H,1,4-7,25-29H2,2H3. The van der Waals surface area contributed by atoms with Crippen molar-refractivity contribution in [2.75, 3.05) is 37.1 Å². The first-order valence-electron chi connectivity index (χ1n) is 35.8. The number of carbonyl (C=O) groups excluding carboxylic acids is 4. The number of rotatable bonds is 34. The number of ether oxygens (including phenoxy) is 6. The number of aryl methyl sites for hydroxylation is 2. The first-order valence-corrected chi connectivity index (χ1v) is 35.8. The summed E-state index contributed by atoms with van der Waals surface area (Å²) in [6.07, 6.45) is 14.8. The Bertz CT molecular complexity index is 4470. The molecule has 2 aliphatic rings. The lowest BCUT2D eigenvalue weighted by Gasteiger charge is -2.37. The fourth-order valence-electron chi connectivity index (χ4n) is 12.9. The first kappa shape index (κ1) is 74.9. The van der Waals surface area contributed by atoms with Crippen LogP contribution in [0.3, 0.4) is 0 Å². The highest BCUT2D eigenvalue weighted by molar-refractivity contribution is 6.05. The van der Waals surface area contributed by atoms with E-state index in [2.05, 4.69) is 105 Å². The maximum absolute atomic E-state index is 12.8. The van der Waals surface area contributed by atoms with E-state index in [1.54, 1.807) is 97.1 Å². The lowest BCUT2D eigenvalue weighted by Crippen LogP contribution is -2.40. The van der Waals surface area contributed by atoms with Gasteiger partial charge in [-0.3, -0.25) is 0 Å². The van der Waals surface area contributed by atoms with Crippen LogP contribution in [0.5, 0.6) is 23.0 Å². The highest BCUT2D eigenvalue weighted by atomic mass is 16.5. The zero-order valence-corrected chi connectivity index (χ0v) is 59.7. The van der Waals surface area contributed by atoms with Crippen LogP contribution in [-0.2, 0) is 44.7 Å². The van der Waals surface area contributed by atoms with E-state index in [1.807, 2.05) is 72.8 Å². The monoisotopic (exact) mass is 1420 g/mol. The lowest BCUT2D eigenvalue weighted by molar-refractivity contribution is -0.138. The maximum atomic E-state index is 12.8. The van der Waals surface area contributed by atoms with Crippen LogP contribution in [0.25, 0.3) is 21.5 Å². The summed E-state index contributed by atoms with van der Waals surface area (Å²) in [5.41, 5.74) is 26.1. The second-order valence-corrected chi connectivity index (χ2v) is 26.7.